The van der Waals surface area contributed by atoms with Gasteiger partial charge in [-0.1, -0.05) is 24.8 Å². The van der Waals surface area contributed by atoms with Crippen molar-refractivity contribution in [2.75, 3.05) is 0 Å². The average Bonchev–Trinajstić information content (AvgIpc) is 1.88. The molecule has 2 rings (SSSR count). The van der Waals surface area contributed by atoms with E-state index in [1.807, 2.05) is 0 Å². The molecule has 2 bridgehead atoms. The van der Waals surface area contributed by atoms with E-state index in [1.54, 1.807) is 0 Å². The highest BCUT2D eigenvalue weighted by Gasteiger charge is 2.22. The Bertz CT molecular complexity index is 129. The fourth-order valence-electron chi connectivity index (χ4n) is 1.98. The molecule has 1 saturated heterocycles. The van der Waals surface area contributed by atoms with E-state index in [-0.39, 0.29) is 0 Å². The van der Waals surface area contributed by atoms with Gasteiger partial charge in [0, 0.05) is 0 Å². The number of fused-ring (bicyclic) bond motifs is 2. The molecular weight excluding hydrogens is 107 g/mol. The van der Waals surface area contributed by atoms with Gasteiger partial charge in [0.1, 0.15) is 7.28 Å². The molecule has 0 aromatic rings. The van der Waals surface area contributed by atoms with E-state index in [0.29, 0.717) is 0 Å². The molecule has 0 amide bonds. The second-order valence-electron chi connectivity index (χ2n) is 3.29. The molecule has 1 fully saturated rings. The predicted octanol–water partition coefficient (Wildman–Crippen LogP) is 2.12. The first-order valence-electron chi connectivity index (χ1n) is 3.93. The third kappa shape index (κ3) is 1.05. The molecule has 0 saturated carbocycles. The number of allylic oxidation sites excluding steroid dienone is 2. The lowest BCUT2D eigenvalue weighted by Gasteiger charge is -2.29. The normalized spacial score (nSPS) is 40.0. The largest absolute Gasteiger partial charge is 0.110 e. The zero-order valence-corrected chi connectivity index (χ0v) is 5.72. The van der Waals surface area contributed by atoms with Crippen LogP contribution in [-0.4, -0.2) is 7.28 Å². The lowest BCUT2D eigenvalue weighted by Crippen LogP contribution is -2.20. The maximum atomic E-state index is 2.46. The Morgan fingerprint density at radius 1 is 1.33 bits per heavy atom. The molecule has 0 N–H and O–H groups in total. The van der Waals surface area contributed by atoms with Crippen LogP contribution in [0.2, 0.25) is 12.6 Å². The minimum Gasteiger partial charge on any atom is -0.0880 e. The van der Waals surface area contributed by atoms with Crippen LogP contribution < -0.4 is 0 Å². The highest BCUT2D eigenvalue weighted by molar-refractivity contribution is 6.36. The van der Waals surface area contributed by atoms with Crippen LogP contribution in [0.25, 0.3) is 0 Å². The number of hydrogen-bond acceptors (Lipinski definition) is 0. The Labute approximate surface area is 57.6 Å². The first-order chi connectivity index (χ1) is 4.45. The van der Waals surface area contributed by atoms with Gasteiger partial charge in [-0.3, -0.25) is 0 Å². The van der Waals surface area contributed by atoms with Gasteiger partial charge in [0.25, 0.3) is 0 Å². The van der Waals surface area contributed by atoms with E-state index in [0.717, 1.165) is 11.8 Å². The van der Waals surface area contributed by atoms with Crippen LogP contribution >= 0.6 is 0 Å². The third-order valence-corrected chi connectivity index (χ3v) is 2.48. The first-order valence-corrected chi connectivity index (χ1v) is 3.93. The van der Waals surface area contributed by atoms with Crippen LogP contribution in [0.1, 0.15) is 12.8 Å². The van der Waals surface area contributed by atoms with Gasteiger partial charge in [-0.15, -0.1) is 0 Å². The summed E-state index contributed by atoms with van der Waals surface area (Å²) in [5.41, 5.74) is 0. The maximum absolute atomic E-state index is 2.46. The molecule has 2 unspecified atom stereocenters. The zero-order chi connectivity index (χ0) is 6.10. The highest BCUT2D eigenvalue weighted by Crippen LogP contribution is 2.33. The van der Waals surface area contributed by atoms with Crippen LogP contribution in [0.5, 0.6) is 0 Å². The van der Waals surface area contributed by atoms with Gasteiger partial charge in [0.05, 0.1) is 0 Å². The van der Waals surface area contributed by atoms with Crippen LogP contribution in [0.4, 0.5) is 0 Å². The van der Waals surface area contributed by atoms with E-state index < -0.39 is 0 Å². The third-order valence-electron chi connectivity index (χ3n) is 2.48. The molecule has 1 aliphatic carbocycles. The molecular formula is C8H12B. The van der Waals surface area contributed by atoms with Gasteiger partial charge in [-0.2, -0.15) is 0 Å². The van der Waals surface area contributed by atoms with Crippen molar-refractivity contribution in [3.8, 4) is 0 Å². The molecule has 9 heavy (non-hydrogen) atoms. The Morgan fingerprint density at radius 2 is 2.33 bits per heavy atom. The Hall–Kier alpha value is -0.195. The van der Waals surface area contributed by atoms with Crippen molar-refractivity contribution in [3.63, 3.8) is 0 Å². The highest BCUT2D eigenvalue weighted by atomic mass is 14.2. The quantitative estimate of drug-likeness (QED) is 0.338. The number of rotatable bonds is 0. The van der Waals surface area contributed by atoms with Gasteiger partial charge in [0.2, 0.25) is 0 Å². The van der Waals surface area contributed by atoms with E-state index >= 15 is 0 Å². The summed E-state index contributed by atoms with van der Waals surface area (Å²) >= 11 is 0. The van der Waals surface area contributed by atoms with Crippen molar-refractivity contribution < 1.29 is 0 Å². The Balaban J connectivity index is 2.09. The predicted molar refractivity (Wildman–Crippen MR) is 40.7 cm³/mol. The molecule has 0 aromatic carbocycles. The van der Waals surface area contributed by atoms with Gasteiger partial charge < -0.3 is 0 Å². The van der Waals surface area contributed by atoms with E-state index in [4.69, 9.17) is 0 Å². The van der Waals surface area contributed by atoms with E-state index in [9.17, 15) is 0 Å². The molecule has 47 valence electrons. The number of hydrogen-bond donors (Lipinski definition) is 0. The van der Waals surface area contributed by atoms with Crippen molar-refractivity contribution in [3.05, 3.63) is 12.2 Å². The minimum atomic E-state index is 0.914. The van der Waals surface area contributed by atoms with Gasteiger partial charge in [-0.25, -0.2) is 0 Å². The molecule has 1 heteroatoms. The molecule has 2 aliphatic rings. The summed E-state index contributed by atoms with van der Waals surface area (Å²) in [6.45, 7) is 0. The van der Waals surface area contributed by atoms with E-state index in [1.165, 1.54) is 25.5 Å². The molecule has 2 atom stereocenters. The minimum absolute atomic E-state index is 0.914. The fraction of sp³-hybridized carbons (Fsp3) is 0.750. The van der Waals surface area contributed by atoms with Crippen molar-refractivity contribution >= 4 is 7.28 Å². The summed E-state index contributed by atoms with van der Waals surface area (Å²) in [6, 6.07) is 0. The average molecular weight is 119 g/mol. The van der Waals surface area contributed by atoms with Crippen LogP contribution in [-0.2, 0) is 0 Å². The summed E-state index contributed by atoms with van der Waals surface area (Å²) in [5.74, 6) is 1.92. The first kappa shape index (κ1) is 5.58. The zero-order valence-electron chi connectivity index (χ0n) is 5.72. The van der Waals surface area contributed by atoms with Crippen LogP contribution in [0, 0.1) is 11.8 Å². The lowest BCUT2D eigenvalue weighted by atomic mass is 9.54. The van der Waals surface area contributed by atoms with Crippen LogP contribution in [0.15, 0.2) is 12.2 Å². The molecule has 1 radical (unpaired) electrons. The lowest BCUT2D eigenvalue weighted by molar-refractivity contribution is 0.426. The summed E-state index contributed by atoms with van der Waals surface area (Å²) in [4.78, 5) is 0. The molecule has 0 spiro atoms. The second-order valence-corrected chi connectivity index (χ2v) is 3.29. The Morgan fingerprint density at radius 3 is 3.11 bits per heavy atom. The van der Waals surface area contributed by atoms with Crippen LogP contribution in [0.3, 0.4) is 0 Å². The topological polar surface area (TPSA) is 0 Å². The van der Waals surface area contributed by atoms with Crippen molar-refractivity contribution in [1.82, 2.24) is 0 Å². The molecule has 1 heterocycles. The molecule has 0 aromatic heterocycles. The summed E-state index contributed by atoms with van der Waals surface area (Å²) < 4.78 is 0. The SMILES string of the molecule is [B]1CC2C=CCC(C1)C2. The van der Waals surface area contributed by atoms with Gasteiger partial charge in [0.15, 0.2) is 0 Å². The van der Waals surface area contributed by atoms with E-state index in [2.05, 4.69) is 19.4 Å². The monoisotopic (exact) mass is 119 g/mol. The maximum Gasteiger partial charge on any atom is 0.110 e. The van der Waals surface area contributed by atoms with Gasteiger partial charge in [-0.05, 0) is 24.7 Å². The summed E-state index contributed by atoms with van der Waals surface area (Å²) in [6.07, 6.45) is 10.3. The molecule has 1 aliphatic heterocycles. The fourth-order valence-corrected chi connectivity index (χ4v) is 1.98. The van der Waals surface area contributed by atoms with Crippen molar-refractivity contribution in [2.45, 2.75) is 25.5 Å². The molecule has 0 nitrogen and oxygen atoms in total. The smallest absolute Gasteiger partial charge is 0.0880 e. The van der Waals surface area contributed by atoms with Crippen molar-refractivity contribution in [2.24, 2.45) is 11.8 Å². The standard InChI is InChI=1S/C8H12B/c1-2-7-4-8(3-1)6-9-5-7/h1-2,7-8H,3-6H2. The summed E-state index contributed by atoms with van der Waals surface area (Å²) in [7, 11) is 2.46. The second kappa shape index (κ2) is 2.20. The van der Waals surface area contributed by atoms with Gasteiger partial charge >= 0.3 is 0 Å². The van der Waals surface area contributed by atoms with Crippen molar-refractivity contribution in [1.29, 1.82) is 0 Å². The summed E-state index contributed by atoms with van der Waals surface area (Å²) in [5, 5.41) is 0. The Kier molecular flexibility index (Phi) is 1.37.